The molecule has 0 N–H and O–H groups in total. The fourth-order valence-electron chi connectivity index (χ4n) is 2.30. The summed E-state index contributed by atoms with van der Waals surface area (Å²) in [7, 11) is -3.72. The van der Waals surface area contributed by atoms with E-state index in [4.69, 9.17) is 0 Å². The Bertz CT molecular complexity index is 525. The van der Waals surface area contributed by atoms with Crippen LogP contribution in [0.25, 0.3) is 0 Å². The van der Waals surface area contributed by atoms with Crippen molar-refractivity contribution in [2.45, 2.75) is 37.1 Å². The Kier molecular flexibility index (Phi) is 2.99. The van der Waals surface area contributed by atoms with Gasteiger partial charge >= 0.3 is 0 Å². The van der Waals surface area contributed by atoms with Crippen molar-refractivity contribution in [2.75, 3.05) is 6.54 Å². The lowest BCUT2D eigenvalue weighted by Crippen LogP contribution is -2.42. The fourth-order valence-corrected chi connectivity index (χ4v) is 4.21. The molecule has 2 rings (SSSR count). The van der Waals surface area contributed by atoms with Gasteiger partial charge in [0.25, 0.3) is 0 Å². The van der Waals surface area contributed by atoms with Gasteiger partial charge < -0.3 is 0 Å². The molecule has 0 unspecified atom stereocenters. The highest BCUT2D eigenvalue weighted by Crippen LogP contribution is 2.34. The molecule has 1 saturated heterocycles. The van der Waals surface area contributed by atoms with E-state index in [0.717, 1.165) is 12.8 Å². The zero-order chi connectivity index (χ0) is 12.7. The molecule has 1 fully saturated rings. The van der Waals surface area contributed by atoms with E-state index < -0.39 is 21.4 Å². The highest BCUT2D eigenvalue weighted by Gasteiger charge is 2.41. The van der Waals surface area contributed by atoms with E-state index in [9.17, 15) is 12.8 Å². The van der Waals surface area contributed by atoms with E-state index >= 15 is 0 Å². The van der Waals surface area contributed by atoms with Crippen molar-refractivity contribution in [1.82, 2.24) is 4.31 Å². The molecule has 0 bridgehead atoms. The molecular formula is C12H16FNO2S. The van der Waals surface area contributed by atoms with Gasteiger partial charge in [-0.15, -0.1) is 0 Å². The summed E-state index contributed by atoms with van der Waals surface area (Å²) in [5, 5.41) is 0. The Balaban J connectivity index is 2.48. The van der Waals surface area contributed by atoms with E-state index in [1.165, 1.54) is 22.5 Å². The monoisotopic (exact) mass is 257 g/mol. The summed E-state index contributed by atoms with van der Waals surface area (Å²) in [6, 6.07) is 5.53. The predicted molar refractivity (Wildman–Crippen MR) is 63.6 cm³/mol. The summed E-state index contributed by atoms with van der Waals surface area (Å²) >= 11 is 0. The molecule has 17 heavy (non-hydrogen) atoms. The molecular weight excluding hydrogens is 241 g/mol. The van der Waals surface area contributed by atoms with Crippen molar-refractivity contribution >= 4 is 10.0 Å². The molecule has 1 aliphatic rings. The summed E-state index contributed by atoms with van der Waals surface area (Å²) in [5.41, 5.74) is -0.429. The first-order valence-corrected chi connectivity index (χ1v) is 7.07. The minimum Gasteiger partial charge on any atom is -0.207 e. The normalized spacial score (nSPS) is 20.6. The van der Waals surface area contributed by atoms with Crippen LogP contribution >= 0.6 is 0 Å². The topological polar surface area (TPSA) is 37.4 Å². The van der Waals surface area contributed by atoms with Gasteiger partial charge in [-0.2, -0.15) is 4.31 Å². The number of rotatable bonds is 2. The molecule has 0 aliphatic carbocycles. The molecule has 0 saturated carbocycles. The maximum atomic E-state index is 13.6. The van der Waals surface area contributed by atoms with Crippen LogP contribution in [0.4, 0.5) is 4.39 Å². The van der Waals surface area contributed by atoms with Gasteiger partial charge in [0.2, 0.25) is 10.0 Å². The van der Waals surface area contributed by atoms with E-state index in [-0.39, 0.29) is 4.90 Å². The smallest absolute Gasteiger partial charge is 0.207 e. The molecule has 3 nitrogen and oxygen atoms in total. The lowest BCUT2D eigenvalue weighted by molar-refractivity contribution is 0.290. The molecule has 1 aliphatic heterocycles. The highest BCUT2D eigenvalue weighted by molar-refractivity contribution is 7.89. The summed E-state index contributed by atoms with van der Waals surface area (Å²) in [4.78, 5) is -0.227. The second-order valence-electron chi connectivity index (χ2n) is 4.92. The minimum atomic E-state index is -3.72. The average molecular weight is 257 g/mol. The van der Waals surface area contributed by atoms with E-state index in [1.807, 2.05) is 13.8 Å². The second kappa shape index (κ2) is 4.07. The van der Waals surface area contributed by atoms with Crippen molar-refractivity contribution in [3.05, 3.63) is 30.1 Å². The van der Waals surface area contributed by atoms with Gasteiger partial charge in [-0.05, 0) is 38.8 Å². The third-order valence-corrected chi connectivity index (χ3v) is 5.37. The molecule has 0 radical (unpaired) electrons. The quantitative estimate of drug-likeness (QED) is 0.815. The first kappa shape index (κ1) is 12.5. The molecule has 5 heteroatoms. The van der Waals surface area contributed by atoms with Crippen molar-refractivity contribution < 1.29 is 12.8 Å². The van der Waals surface area contributed by atoms with Gasteiger partial charge in [0.1, 0.15) is 10.7 Å². The van der Waals surface area contributed by atoms with E-state index in [0.29, 0.717) is 6.54 Å². The maximum absolute atomic E-state index is 13.6. The summed E-state index contributed by atoms with van der Waals surface area (Å²) in [6.07, 6.45) is 1.63. The fraction of sp³-hybridized carbons (Fsp3) is 0.500. The lowest BCUT2D eigenvalue weighted by atomic mass is 10.0. The molecule has 1 aromatic carbocycles. The van der Waals surface area contributed by atoms with Crippen molar-refractivity contribution in [1.29, 1.82) is 0 Å². The van der Waals surface area contributed by atoms with Crippen molar-refractivity contribution in [2.24, 2.45) is 0 Å². The van der Waals surface area contributed by atoms with Crippen LogP contribution < -0.4 is 0 Å². The number of benzene rings is 1. The Labute approximate surface area is 101 Å². The Morgan fingerprint density at radius 2 is 1.94 bits per heavy atom. The van der Waals surface area contributed by atoms with Gasteiger partial charge in [-0.1, -0.05) is 12.1 Å². The number of nitrogens with zero attached hydrogens (tertiary/aromatic N) is 1. The van der Waals surface area contributed by atoms with Crippen LogP contribution in [-0.2, 0) is 10.0 Å². The van der Waals surface area contributed by atoms with Crippen LogP contribution in [0.2, 0.25) is 0 Å². The SMILES string of the molecule is CC1(C)CCCN1S(=O)(=O)c1ccccc1F. The van der Waals surface area contributed by atoms with Gasteiger partial charge in [0.05, 0.1) is 0 Å². The van der Waals surface area contributed by atoms with Crippen LogP contribution in [0.3, 0.4) is 0 Å². The minimum absolute atomic E-state index is 0.227. The Hall–Kier alpha value is -0.940. The van der Waals surface area contributed by atoms with Crippen LogP contribution in [0, 0.1) is 5.82 Å². The lowest BCUT2D eigenvalue weighted by Gasteiger charge is -2.30. The van der Waals surface area contributed by atoms with Crippen LogP contribution in [0.1, 0.15) is 26.7 Å². The van der Waals surface area contributed by atoms with Crippen molar-refractivity contribution in [3.63, 3.8) is 0 Å². The van der Waals surface area contributed by atoms with Crippen molar-refractivity contribution in [3.8, 4) is 0 Å². The standard InChI is InChI=1S/C12H16FNO2S/c1-12(2)8-5-9-14(12)17(15,16)11-7-4-3-6-10(11)13/h3-4,6-7H,5,8-9H2,1-2H3. The van der Waals surface area contributed by atoms with E-state index in [1.54, 1.807) is 6.07 Å². The first-order chi connectivity index (χ1) is 7.86. The summed E-state index contributed by atoms with van der Waals surface area (Å²) in [6.45, 7) is 4.21. The summed E-state index contributed by atoms with van der Waals surface area (Å²) in [5.74, 6) is -0.685. The molecule has 1 aromatic rings. The van der Waals surface area contributed by atoms with Gasteiger partial charge in [0.15, 0.2) is 0 Å². The van der Waals surface area contributed by atoms with Gasteiger partial charge in [-0.3, -0.25) is 0 Å². The molecule has 1 heterocycles. The molecule has 94 valence electrons. The van der Waals surface area contributed by atoms with E-state index in [2.05, 4.69) is 0 Å². The third-order valence-electron chi connectivity index (χ3n) is 3.23. The molecule has 0 spiro atoms. The zero-order valence-electron chi connectivity index (χ0n) is 9.98. The molecule has 0 atom stereocenters. The highest BCUT2D eigenvalue weighted by atomic mass is 32.2. The largest absolute Gasteiger partial charge is 0.246 e. The van der Waals surface area contributed by atoms with Gasteiger partial charge in [-0.25, -0.2) is 12.8 Å². The molecule has 0 aromatic heterocycles. The number of hydrogen-bond donors (Lipinski definition) is 0. The average Bonchev–Trinajstić information content (AvgIpc) is 2.59. The Morgan fingerprint density at radius 3 is 2.47 bits per heavy atom. The number of hydrogen-bond acceptors (Lipinski definition) is 2. The number of halogens is 1. The maximum Gasteiger partial charge on any atom is 0.246 e. The number of sulfonamides is 1. The molecule has 0 amide bonds. The van der Waals surface area contributed by atoms with Crippen LogP contribution in [0.15, 0.2) is 29.2 Å². The second-order valence-corrected chi connectivity index (χ2v) is 6.75. The first-order valence-electron chi connectivity index (χ1n) is 5.63. The zero-order valence-corrected chi connectivity index (χ0v) is 10.8. The third kappa shape index (κ3) is 2.09. The van der Waals surface area contributed by atoms with Crippen LogP contribution in [-0.4, -0.2) is 24.8 Å². The Morgan fingerprint density at radius 1 is 1.29 bits per heavy atom. The van der Waals surface area contributed by atoms with Gasteiger partial charge in [0, 0.05) is 12.1 Å². The van der Waals surface area contributed by atoms with Crippen LogP contribution in [0.5, 0.6) is 0 Å². The summed E-state index contributed by atoms with van der Waals surface area (Å²) < 4.78 is 39.7. The predicted octanol–water partition coefficient (Wildman–Crippen LogP) is 2.39.